The third-order valence-electron chi connectivity index (χ3n) is 2.36. The van der Waals surface area contributed by atoms with Crippen LogP contribution in [0.3, 0.4) is 0 Å². The number of hydrogen-bond donors (Lipinski definition) is 0. The average molecular weight is 239 g/mol. The van der Waals surface area contributed by atoms with Crippen LogP contribution in [0.5, 0.6) is 0 Å². The first-order valence-electron chi connectivity index (χ1n) is 5.63. The maximum Gasteiger partial charge on any atom is 0.327 e. The van der Waals surface area contributed by atoms with Gasteiger partial charge in [0, 0.05) is 6.92 Å². The lowest BCUT2D eigenvalue weighted by Crippen LogP contribution is -2.16. The molecule has 0 aliphatic carbocycles. The van der Waals surface area contributed by atoms with Crippen LogP contribution in [0.2, 0.25) is 0 Å². The Morgan fingerprint density at radius 1 is 1.41 bits per heavy atom. The molecule has 1 aromatic heterocycles. The summed E-state index contributed by atoms with van der Waals surface area (Å²) in [6.45, 7) is 5.56. The number of ether oxygens (including phenoxy) is 1. The van der Waals surface area contributed by atoms with E-state index in [0.717, 1.165) is 12.8 Å². The Hall–Kier alpha value is -1.72. The van der Waals surface area contributed by atoms with Gasteiger partial charge in [-0.15, -0.1) is 5.10 Å². The van der Waals surface area contributed by atoms with Crippen molar-refractivity contribution in [1.82, 2.24) is 15.0 Å². The molecule has 0 radical (unpaired) electrons. The van der Waals surface area contributed by atoms with E-state index in [9.17, 15) is 9.59 Å². The maximum absolute atomic E-state index is 11.4. The van der Waals surface area contributed by atoms with Crippen LogP contribution in [0, 0.1) is 6.92 Å². The number of aromatic nitrogens is 3. The van der Waals surface area contributed by atoms with Gasteiger partial charge in [0.1, 0.15) is 6.54 Å². The van der Waals surface area contributed by atoms with E-state index in [4.69, 9.17) is 4.74 Å². The third-order valence-corrected chi connectivity index (χ3v) is 2.36. The second-order valence-electron chi connectivity index (χ2n) is 3.81. The van der Waals surface area contributed by atoms with E-state index in [0.29, 0.717) is 18.0 Å². The van der Waals surface area contributed by atoms with Gasteiger partial charge < -0.3 is 4.74 Å². The van der Waals surface area contributed by atoms with Crippen LogP contribution in [-0.4, -0.2) is 33.4 Å². The first-order chi connectivity index (χ1) is 8.06. The highest BCUT2D eigenvalue weighted by Crippen LogP contribution is 2.04. The molecule has 0 saturated heterocycles. The monoisotopic (exact) mass is 239 g/mol. The molecule has 17 heavy (non-hydrogen) atoms. The van der Waals surface area contributed by atoms with Gasteiger partial charge in [0.15, 0.2) is 11.5 Å². The van der Waals surface area contributed by atoms with E-state index >= 15 is 0 Å². The molecule has 6 nitrogen and oxygen atoms in total. The zero-order valence-corrected chi connectivity index (χ0v) is 10.4. The highest BCUT2D eigenvalue weighted by atomic mass is 16.5. The fourth-order valence-corrected chi connectivity index (χ4v) is 1.33. The Bertz CT molecular complexity index is 412. The zero-order chi connectivity index (χ0) is 12.8. The van der Waals surface area contributed by atoms with E-state index < -0.39 is 0 Å². The Kier molecular flexibility index (Phi) is 4.81. The van der Waals surface area contributed by atoms with Crippen LogP contribution in [0.25, 0.3) is 0 Å². The number of Topliss-reactive ketones (excluding diaryl/α,β-unsaturated/α-hetero) is 1. The molecule has 0 aliphatic heterocycles. The molecule has 0 aliphatic rings. The van der Waals surface area contributed by atoms with E-state index in [-0.39, 0.29) is 18.3 Å². The molecular formula is C11H17N3O3. The molecule has 1 rings (SSSR count). The van der Waals surface area contributed by atoms with Crippen LogP contribution in [-0.2, 0) is 16.1 Å². The maximum atomic E-state index is 11.4. The van der Waals surface area contributed by atoms with Gasteiger partial charge in [-0.1, -0.05) is 18.6 Å². The van der Waals surface area contributed by atoms with Crippen LogP contribution < -0.4 is 0 Å². The topological polar surface area (TPSA) is 74.1 Å². The third kappa shape index (κ3) is 3.65. The van der Waals surface area contributed by atoms with Crippen LogP contribution in [0.4, 0.5) is 0 Å². The quantitative estimate of drug-likeness (QED) is 0.422. The molecule has 0 saturated carbocycles. The Labute approximate surface area is 99.9 Å². The molecule has 0 amide bonds. The van der Waals surface area contributed by atoms with Crippen molar-refractivity contribution in [2.45, 2.75) is 40.2 Å². The van der Waals surface area contributed by atoms with Crippen molar-refractivity contribution in [3.63, 3.8) is 0 Å². The van der Waals surface area contributed by atoms with Gasteiger partial charge in [-0.05, 0) is 13.3 Å². The van der Waals surface area contributed by atoms with Crippen molar-refractivity contribution in [3.8, 4) is 0 Å². The predicted octanol–water partition coefficient (Wildman–Crippen LogP) is 1.13. The van der Waals surface area contributed by atoms with E-state index in [1.165, 1.54) is 11.6 Å². The molecule has 0 aromatic carbocycles. The lowest BCUT2D eigenvalue weighted by molar-refractivity contribution is -0.144. The Morgan fingerprint density at radius 3 is 2.65 bits per heavy atom. The summed E-state index contributed by atoms with van der Waals surface area (Å²) in [7, 11) is 0. The van der Waals surface area contributed by atoms with Crippen molar-refractivity contribution in [1.29, 1.82) is 0 Å². The van der Waals surface area contributed by atoms with Gasteiger partial charge in [-0.2, -0.15) is 0 Å². The van der Waals surface area contributed by atoms with Crippen molar-refractivity contribution in [2.75, 3.05) is 6.61 Å². The molecule has 6 heteroatoms. The van der Waals surface area contributed by atoms with Crippen molar-refractivity contribution < 1.29 is 14.3 Å². The summed E-state index contributed by atoms with van der Waals surface area (Å²) in [5, 5.41) is 7.47. The highest BCUT2D eigenvalue weighted by Gasteiger charge is 2.14. The first kappa shape index (κ1) is 13.3. The molecule has 0 N–H and O–H groups in total. The summed E-state index contributed by atoms with van der Waals surface area (Å²) in [6.07, 6.45) is 1.82. The highest BCUT2D eigenvalue weighted by molar-refractivity contribution is 5.93. The molecule has 0 spiro atoms. The molecule has 94 valence electrons. The largest absolute Gasteiger partial charge is 0.464 e. The minimum absolute atomic E-state index is 0.00414. The SMILES string of the molecule is CCCCOC(=O)Cn1nnc(C(C)=O)c1C. The smallest absolute Gasteiger partial charge is 0.327 e. The normalized spacial score (nSPS) is 10.3. The lowest BCUT2D eigenvalue weighted by Gasteiger charge is -2.04. The molecule has 1 heterocycles. The number of unbranched alkanes of at least 4 members (excludes halogenated alkanes) is 1. The van der Waals surface area contributed by atoms with Crippen molar-refractivity contribution >= 4 is 11.8 Å². The summed E-state index contributed by atoms with van der Waals surface area (Å²) in [5.74, 6) is -0.519. The molecule has 0 unspecified atom stereocenters. The lowest BCUT2D eigenvalue weighted by atomic mass is 10.2. The number of ketones is 1. The number of hydrogen-bond acceptors (Lipinski definition) is 5. The Morgan fingerprint density at radius 2 is 2.12 bits per heavy atom. The van der Waals surface area contributed by atoms with Gasteiger partial charge in [0.2, 0.25) is 0 Å². The van der Waals surface area contributed by atoms with E-state index in [2.05, 4.69) is 10.3 Å². The average Bonchev–Trinajstić information content (AvgIpc) is 2.61. The van der Waals surface area contributed by atoms with E-state index in [1.54, 1.807) is 6.92 Å². The molecular weight excluding hydrogens is 222 g/mol. The predicted molar refractivity (Wildman–Crippen MR) is 60.6 cm³/mol. The second kappa shape index (κ2) is 6.12. The number of carbonyl (C=O) groups excluding carboxylic acids is 2. The van der Waals surface area contributed by atoms with Gasteiger partial charge >= 0.3 is 5.97 Å². The number of esters is 1. The second-order valence-corrected chi connectivity index (χ2v) is 3.81. The van der Waals surface area contributed by atoms with Gasteiger partial charge in [-0.25, -0.2) is 4.68 Å². The number of nitrogens with zero attached hydrogens (tertiary/aromatic N) is 3. The van der Waals surface area contributed by atoms with Crippen LogP contribution in [0.15, 0.2) is 0 Å². The minimum Gasteiger partial charge on any atom is -0.464 e. The van der Waals surface area contributed by atoms with Crippen LogP contribution >= 0.6 is 0 Å². The molecule has 0 fully saturated rings. The number of carbonyl (C=O) groups is 2. The molecule has 0 atom stereocenters. The summed E-state index contributed by atoms with van der Waals surface area (Å²) in [4.78, 5) is 22.6. The standard InChI is InChI=1S/C11H17N3O3/c1-4-5-6-17-10(16)7-14-8(2)11(9(3)15)12-13-14/h4-7H2,1-3H3. The Balaban J connectivity index is 2.57. The molecule has 1 aromatic rings. The van der Waals surface area contributed by atoms with E-state index in [1.807, 2.05) is 6.92 Å². The first-order valence-corrected chi connectivity index (χ1v) is 5.63. The van der Waals surface area contributed by atoms with Gasteiger partial charge in [0.25, 0.3) is 0 Å². The molecule has 0 bridgehead atoms. The van der Waals surface area contributed by atoms with Gasteiger partial charge in [-0.3, -0.25) is 9.59 Å². The zero-order valence-electron chi connectivity index (χ0n) is 10.4. The fraction of sp³-hybridized carbons (Fsp3) is 0.636. The number of rotatable bonds is 6. The van der Waals surface area contributed by atoms with Gasteiger partial charge in [0.05, 0.1) is 12.3 Å². The fourth-order valence-electron chi connectivity index (χ4n) is 1.33. The van der Waals surface area contributed by atoms with Crippen molar-refractivity contribution in [2.24, 2.45) is 0 Å². The summed E-state index contributed by atoms with van der Waals surface area (Å²) in [6, 6.07) is 0. The summed E-state index contributed by atoms with van der Waals surface area (Å²) >= 11 is 0. The summed E-state index contributed by atoms with van der Waals surface area (Å²) < 4.78 is 6.38. The minimum atomic E-state index is -0.360. The van der Waals surface area contributed by atoms with Crippen LogP contribution in [0.1, 0.15) is 42.9 Å². The van der Waals surface area contributed by atoms with Crippen molar-refractivity contribution in [3.05, 3.63) is 11.4 Å². The summed E-state index contributed by atoms with van der Waals surface area (Å²) in [5.41, 5.74) is 0.885.